The van der Waals surface area contributed by atoms with Crippen molar-refractivity contribution in [3.8, 4) is 11.3 Å². The summed E-state index contributed by atoms with van der Waals surface area (Å²) >= 11 is 0. The van der Waals surface area contributed by atoms with E-state index in [1.165, 1.54) is 0 Å². The van der Waals surface area contributed by atoms with Crippen LogP contribution in [-0.2, 0) is 18.4 Å². The monoisotopic (exact) mass is 302 g/mol. The van der Waals surface area contributed by atoms with E-state index < -0.39 is 12.8 Å². The molecule has 0 saturated carbocycles. The highest BCUT2D eigenvalue weighted by Gasteiger charge is 2.27. The Labute approximate surface area is 117 Å². The van der Waals surface area contributed by atoms with Crippen LogP contribution < -0.4 is 11.3 Å². The summed E-state index contributed by atoms with van der Waals surface area (Å²) in [6, 6.07) is 1.56. The zero-order valence-corrected chi connectivity index (χ0v) is 11.1. The van der Waals surface area contributed by atoms with Gasteiger partial charge in [0, 0.05) is 24.9 Å². The van der Waals surface area contributed by atoms with Crippen LogP contribution >= 0.6 is 0 Å². The molecule has 7 nitrogen and oxygen atoms in total. The molecule has 0 aliphatic rings. The number of nitrogen functional groups attached to an aromatic ring is 1. The Morgan fingerprint density at radius 1 is 1.38 bits per heavy atom. The van der Waals surface area contributed by atoms with Gasteiger partial charge in [0.25, 0.3) is 0 Å². The normalized spacial score (nSPS) is 11.7. The number of hydrazine groups is 1. The number of hydrogen-bond donors (Lipinski definition) is 2. The Kier molecular flexibility index (Phi) is 4.38. The molecule has 0 aliphatic heterocycles. The molecule has 0 saturated heterocycles. The van der Waals surface area contributed by atoms with Gasteiger partial charge < -0.3 is 10.2 Å². The Morgan fingerprint density at radius 2 is 2.14 bits per heavy atom. The van der Waals surface area contributed by atoms with Crippen LogP contribution in [0.25, 0.3) is 11.3 Å². The molecule has 0 aliphatic carbocycles. The van der Waals surface area contributed by atoms with E-state index in [2.05, 4.69) is 25.2 Å². The second kappa shape index (κ2) is 6.06. The molecule has 2 heterocycles. The molecule has 0 bridgehead atoms. The van der Waals surface area contributed by atoms with Gasteiger partial charge in [-0.25, -0.2) is 15.8 Å². The predicted molar refractivity (Wildman–Crippen MR) is 67.8 cm³/mol. The van der Waals surface area contributed by atoms with Crippen molar-refractivity contribution in [3.05, 3.63) is 24.3 Å². The fraction of sp³-hybridized carbons (Fsp3) is 0.364. The zero-order chi connectivity index (χ0) is 15.5. The van der Waals surface area contributed by atoms with Crippen LogP contribution in [-0.4, -0.2) is 32.5 Å². The summed E-state index contributed by atoms with van der Waals surface area (Å²) in [7, 11) is 1.74. The summed E-state index contributed by atoms with van der Waals surface area (Å²) in [5, 5.41) is 4.00. The van der Waals surface area contributed by atoms with Crippen LogP contribution in [0.3, 0.4) is 0 Å². The lowest BCUT2D eigenvalue weighted by Gasteiger charge is -2.09. The summed E-state index contributed by atoms with van der Waals surface area (Å²) in [5.74, 6) is 5.65. The number of anilines is 1. The van der Waals surface area contributed by atoms with Crippen LogP contribution in [0.4, 0.5) is 19.0 Å². The molecule has 0 amide bonds. The van der Waals surface area contributed by atoms with Gasteiger partial charge in [-0.3, -0.25) is 4.68 Å². The van der Waals surface area contributed by atoms with E-state index in [0.717, 1.165) is 0 Å². The van der Waals surface area contributed by atoms with E-state index >= 15 is 0 Å². The van der Waals surface area contributed by atoms with Crippen LogP contribution in [0.2, 0.25) is 0 Å². The summed E-state index contributed by atoms with van der Waals surface area (Å²) < 4.78 is 42.2. The lowest BCUT2D eigenvalue weighted by molar-refractivity contribution is -0.177. The fourth-order valence-corrected chi connectivity index (χ4v) is 1.60. The average Bonchev–Trinajstić information content (AvgIpc) is 2.83. The summed E-state index contributed by atoms with van der Waals surface area (Å²) in [4.78, 5) is 8.07. The molecule has 10 heteroatoms. The van der Waals surface area contributed by atoms with Gasteiger partial charge in [-0.15, -0.1) is 0 Å². The largest absolute Gasteiger partial charge is 0.411 e. The first-order valence-electron chi connectivity index (χ1n) is 5.85. The Morgan fingerprint density at radius 3 is 2.71 bits per heavy atom. The van der Waals surface area contributed by atoms with E-state index in [4.69, 9.17) is 5.84 Å². The van der Waals surface area contributed by atoms with Crippen molar-refractivity contribution in [2.45, 2.75) is 12.8 Å². The molecule has 2 aromatic heterocycles. The number of aromatic nitrogens is 4. The summed E-state index contributed by atoms with van der Waals surface area (Å²) in [6.45, 7) is -1.73. The molecule has 0 aromatic carbocycles. The van der Waals surface area contributed by atoms with Crippen molar-refractivity contribution in [1.82, 2.24) is 19.7 Å². The third kappa shape index (κ3) is 4.39. The number of alkyl halides is 3. The fourth-order valence-electron chi connectivity index (χ4n) is 1.60. The van der Waals surface area contributed by atoms with E-state index in [1.807, 2.05) is 0 Å². The minimum absolute atomic E-state index is 0.0913. The van der Waals surface area contributed by atoms with Crippen LogP contribution in [0.5, 0.6) is 0 Å². The second-order valence-corrected chi connectivity index (χ2v) is 4.21. The molecule has 2 rings (SSSR count). The quantitative estimate of drug-likeness (QED) is 0.638. The number of halogens is 3. The number of nitrogens with zero attached hydrogens (tertiary/aromatic N) is 4. The second-order valence-electron chi connectivity index (χ2n) is 4.21. The maximum atomic E-state index is 12.0. The highest BCUT2D eigenvalue weighted by molar-refractivity contribution is 5.60. The molecule has 21 heavy (non-hydrogen) atoms. The molecular weight excluding hydrogens is 289 g/mol. The number of hydrogen-bond acceptors (Lipinski definition) is 6. The van der Waals surface area contributed by atoms with Gasteiger partial charge in [0.05, 0.1) is 11.9 Å². The zero-order valence-electron chi connectivity index (χ0n) is 11.1. The van der Waals surface area contributed by atoms with Gasteiger partial charge in [0.15, 0.2) is 5.82 Å². The van der Waals surface area contributed by atoms with E-state index in [1.54, 1.807) is 30.2 Å². The van der Waals surface area contributed by atoms with Crippen molar-refractivity contribution >= 4 is 5.82 Å². The van der Waals surface area contributed by atoms with Crippen molar-refractivity contribution in [3.63, 3.8) is 0 Å². The maximum absolute atomic E-state index is 12.0. The van der Waals surface area contributed by atoms with Gasteiger partial charge in [-0.2, -0.15) is 18.3 Å². The predicted octanol–water partition coefficient (Wildman–Crippen LogP) is 1.24. The minimum Gasteiger partial charge on any atom is -0.364 e. The maximum Gasteiger partial charge on any atom is 0.411 e. The average molecular weight is 302 g/mol. The first-order chi connectivity index (χ1) is 9.87. The highest BCUT2D eigenvalue weighted by atomic mass is 19.4. The molecule has 0 atom stereocenters. The molecule has 0 spiro atoms. The van der Waals surface area contributed by atoms with Gasteiger partial charge in [-0.1, -0.05) is 0 Å². The SMILES string of the molecule is Cn1cc(-c2cc(NN)nc(COCC(F)(F)F)n2)cn1. The summed E-state index contributed by atoms with van der Waals surface area (Å²) in [5.41, 5.74) is 3.51. The number of ether oxygens (including phenoxy) is 1. The number of nitrogens with one attached hydrogen (secondary N) is 1. The summed E-state index contributed by atoms with van der Waals surface area (Å²) in [6.07, 6.45) is -1.11. The molecule has 0 unspecified atom stereocenters. The van der Waals surface area contributed by atoms with Crippen molar-refractivity contribution in [2.24, 2.45) is 12.9 Å². The van der Waals surface area contributed by atoms with Gasteiger partial charge in [0.2, 0.25) is 0 Å². The molecule has 0 radical (unpaired) electrons. The van der Waals surface area contributed by atoms with Crippen molar-refractivity contribution < 1.29 is 17.9 Å². The smallest absolute Gasteiger partial charge is 0.364 e. The molecule has 3 N–H and O–H groups in total. The topological polar surface area (TPSA) is 90.9 Å². The van der Waals surface area contributed by atoms with Gasteiger partial charge in [0.1, 0.15) is 19.0 Å². The molecule has 114 valence electrons. The van der Waals surface area contributed by atoms with Crippen LogP contribution in [0.15, 0.2) is 18.5 Å². The minimum atomic E-state index is -4.39. The lowest BCUT2D eigenvalue weighted by atomic mass is 10.2. The van der Waals surface area contributed by atoms with Gasteiger partial charge in [-0.05, 0) is 0 Å². The Balaban J connectivity index is 2.18. The number of nitrogens with two attached hydrogens (primary N) is 1. The molecule has 0 fully saturated rings. The number of rotatable bonds is 5. The first kappa shape index (κ1) is 15.2. The molecular formula is C11H13F3N6O. The third-order valence-electron chi connectivity index (χ3n) is 2.42. The van der Waals surface area contributed by atoms with Crippen LogP contribution in [0, 0.1) is 0 Å². The third-order valence-corrected chi connectivity index (χ3v) is 2.42. The lowest BCUT2D eigenvalue weighted by Crippen LogP contribution is -2.18. The van der Waals surface area contributed by atoms with E-state index in [0.29, 0.717) is 11.3 Å². The van der Waals surface area contributed by atoms with Crippen LogP contribution in [0.1, 0.15) is 5.82 Å². The highest BCUT2D eigenvalue weighted by Crippen LogP contribution is 2.20. The Hall–Kier alpha value is -2.20. The molecule has 2 aromatic rings. The van der Waals surface area contributed by atoms with Gasteiger partial charge >= 0.3 is 6.18 Å². The van der Waals surface area contributed by atoms with Crippen molar-refractivity contribution in [2.75, 3.05) is 12.0 Å². The Bertz CT molecular complexity index is 612. The number of aryl methyl sites for hydroxylation is 1. The standard InChI is InChI=1S/C11H13F3N6O/c1-20-4-7(3-16-20)8-2-9(19-15)18-10(17-8)5-21-6-11(12,13)14/h2-4H,5-6,15H2,1H3,(H,17,18,19). The van der Waals surface area contributed by atoms with E-state index in [9.17, 15) is 13.2 Å². The van der Waals surface area contributed by atoms with Crippen molar-refractivity contribution in [1.29, 1.82) is 0 Å². The van der Waals surface area contributed by atoms with E-state index in [-0.39, 0.29) is 18.2 Å². The first-order valence-corrected chi connectivity index (χ1v) is 5.85.